The predicted octanol–water partition coefficient (Wildman–Crippen LogP) is 0.357. The topological polar surface area (TPSA) is 74.6 Å². The van der Waals surface area contributed by atoms with Gasteiger partial charge >= 0.3 is 127 Å². The van der Waals surface area contributed by atoms with Crippen LogP contribution in [0.5, 0.6) is 0 Å². The number of hydrogen-bond donors (Lipinski definition) is 2. The molecule has 6 heteroatoms. The predicted molar refractivity (Wildman–Crippen MR) is 77.6 cm³/mol. The molecule has 2 aromatic rings. The number of benzene rings is 2. The molecule has 0 radical (unpaired) electrons. The van der Waals surface area contributed by atoms with Gasteiger partial charge in [-0.2, -0.15) is 0 Å². The van der Waals surface area contributed by atoms with Crippen LogP contribution in [0.2, 0.25) is 0 Å². The Kier molecular flexibility index (Phi) is 4.99. The molecule has 0 spiro atoms. The van der Waals surface area contributed by atoms with E-state index in [1.807, 2.05) is 12.1 Å². The van der Waals surface area contributed by atoms with Crippen molar-refractivity contribution in [2.45, 2.75) is 0 Å². The first-order valence-electron chi connectivity index (χ1n) is 5.57. The van der Waals surface area contributed by atoms with Crippen molar-refractivity contribution in [3.05, 3.63) is 59.7 Å². The van der Waals surface area contributed by atoms with E-state index in [9.17, 15) is 9.59 Å². The van der Waals surface area contributed by atoms with Crippen molar-refractivity contribution in [2.24, 2.45) is 0 Å². The van der Waals surface area contributed by atoms with Crippen LogP contribution < -0.4 is 8.92 Å². The Bertz CT molecular complexity index is 598. The fraction of sp³-hybridized carbons (Fsp3) is 0. The van der Waals surface area contributed by atoms with Crippen molar-refractivity contribution in [2.75, 3.05) is 0 Å². The van der Waals surface area contributed by atoms with E-state index in [-0.39, 0.29) is 26.3 Å². The van der Waals surface area contributed by atoms with Gasteiger partial charge in [-0.25, -0.2) is 0 Å². The number of carbonyl (C=O) groups is 2. The third kappa shape index (κ3) is 3.95. The van der Waals surface area contributed by atoms with Gasteiger partial charge in [0.2, 0.25) is 0 Å². The monoisotopic (exact) mass is 402 g/mol. The van der Waals surface area contributed by atoms with E-state index in [1.54, 1.807) is 36.4 Å². The third-order valence-corrected chi connectivity index (χ3v) is 9.55. The summed E-state index contributed by atoms with van der Waals surface area (Å²) in [5, 5.41) is 17.9. The molecule has 20 heavy (non-hydrogen) atoms. The Morgan fingerprint density at radius 1 is 0.750 bits per heavy atom. The first-order valence-corrected chi connectivity index (χ1v) is 11.6. The van der Waals surface area contributed by atoms with E-state index >= 15 is 0 Å². The number of carboxylic acid groups (broad SMARTS) is 2. The second kappa shape index (κ2) is 6.73. The second-order valence-corrected chi connectivity index (χ2v) is 10.1. The molecule has 0 fully saturated rings. The van der Waals surface area contributed by atoms with Gasteiger partial charge in [-0.3, -0.25) is 0 Å². The standard InChI is InChI=1S/C14H10O4Se2/c15-13(16)9-3-1-5-11(7-9)19-20-12-6-2-4-10(8-12)14(17)18/h1-8H,(H,15,16)(H,17,18). The Hall–Kier alpha value is -1.58. The summed E-state index contributed by atoms with van der Waals surface area (Å²) in [5.41, 5.74) is 0.582. The van der Waals surface area contributed by atoms with Crippen LogP contribution in [0, 0.1) is 0 Å². The maximum atomic E-state index is 10.9. The van der Waals surface area contributed by atoms with E-state index in [4.69, 9.17) is 10.2 Å². The summed E-state index contributed by atoms with van der Waals surface area (Å²) in [5.74, 6) is -1.86. The van der Waals surface area contributed by atoms with Gasteiger partial charge in [0.25, 0.3) is 0 Å². The molecule has 0 unspecified atom stereocenters. The Morgan fingerprint density at radius 2 is 1.15 bits per heavy atom. The summed E-state index contributed by atoms with van der Waals surface area (Å²) >= 11 is 0.269. The molecular formula is C14H10O4Se2. The van der Waals surface area contributed by atoms with Gasteiger partial charge in [-0.05, 0) is 0 Å². The van der Waals surface area contributed by atoms with E-state index in [2.05, 4.69) is 0 Å². The molecule has 0 aliphatic rings. The second-order valence-electron chi connectivity index (χ2n) is 3.83. The van der Waals surface area contributed by atoms with E-state index in [0.29, 0.717) is 11.1 Å². The molecule has 102 valence electrons. The van der Waals surface area contributed by atoms with Gasteiger partial charge in [-0.1, -0.05) is 0 Å². The molecule has 4 nitrogen and oxygen atoms in total. The fourth-order valence-corrected chi connectivity index (χ4v) is 7.52. The van der Waals surface area contributed by atoms with Crippen LogP contribution in [0.25, 0.3) is 0 Å². The summed E-state index contributed by atoms with van der Waals surface area (Å²) in [6.07, 6.45) is 0. The van der Waals surface area contributed by atoms with Gasteiger partial charge in [0.1, 0.15) is 0 Å². The molecule has 0 saturated heterocycles. The molecule has 0 aliphatic heterocycles. The molecule has 2 N–H and O–H groups in total. The van der Waals surface area contributed by atoms with Crippen molar-refractivity contribution in [3.63, 3.8) is 0 Å². The minimum atomic E-state index is -0.928. The molecule has 0 aromatic heterocycles. The summed E-state index contributed by atoms with van der Waals surface area (Å²) in [4.78, 5) is 21.8. The van der Waals surface area contributed by atoms with E-state index in [1.165, 1.54) is 0 Å². The minimum absolute atomic E-state index is 0.135. The van der Waals surface area contributed by atoms with Gasteiger partial charge in [0.15, 0.2) is 0 Å². The average molecular weight is 400 g/mol. The average Bonchev–Trinajstić information content (AvgIpc) is 2.45. The SMILES string of the molecule is O=C(O)c1cccc([Se][Se]c2cccc(C(=O)O)c2)c1. The van der Waals surface area contributed by atoms with Crippen LogP contribution in [0.15, 0.2) is 48.5 Å². The number of carboxylic acids is 2. The summed E-state index contributed by atoms with van der Waals surface area (Å²) in [6, 6.07) is 13.8. The molecule has 0 bridgehead atoms. The van der Waals surface area contributed by atoms with Crippen LogP contribution in [0.1, 0.15) is 20.7 Å². The van der Waals surface area contributed by atoms with Gasteiger partial charge in [-0.15, -0.1) is 0 Å². The quantitative estimate of drug-likeness (QED) is 0.711. The van der Waals surface area contributed by atoms with Crippen LogP contribution in [-0.4, -0.2) is 48.4 Å². The van der Waals surface area contributed by atoms with Gasteiger partial charge < -0.3 is 0 Å². The van der Waals surface area contributed by atoms with E-state index < -0.39 is 11.9 Å². The zero-order chi connectivity index (χ0) is 14.5. The van der Waals surface area contributed by atoms with Crippen molar-refractivity contribution in [1.29, 1.82) is 0 Å². The Labute approximate surface area is 126 Å². The third-order valence-electron chi connectivity index (χ3n) is 2.40. The number of rotatable bonds is 5. The first-order chi connectivity index (χ1) is 9.56. The van der Waals surface area contributed by atoms with Gasteiger partial charge in [0, 0.05) is 0 Å². The van der Waals surface area contributed by atoms with Crippen molar-refractivity contribution < 1.29 is 19.8 Å². The molecule has 0 saturated carbocycles. The normalized spacial score (nSPS) is 10.2. The molecule has 0 heterocycles. The summed E-state index contributed by atoms with van der Waals surface area (Å²) in [6.45, 7) is 0. The molecular weight excluding hydrogens is 390 g/mol. The number of hydrogen-bond acceptors (Lipinski definition) is 2. The summed E-state index contributed by atoms with van der Waals surface area (Å²) < 4.78 is 2.02. The van der Waals surface area contributed by atoms with Crippen molar-refractivity contribution in [3.8, 4) is 0 Å². The van der Waals surface area contributed by atoms with Crippen LogP contribution in [0.3, 0.4) is 0 Å². The van der Waals surface area contributed by atoms with Crippen LogP contribution >= 0.6 is 0 Å². The van der Waals surface area contributed by atoms with Crippen LogP contribution in [0.4, 0.5) is 0 Å². The summed E-state index contributed by atoms with van der Waals surface area (Å²) in [7, 11) is 0. The van der Waals surface area contributed by atoms with Crippen LogP contribution in [-0.2, 0) is 0 Å². The van der Waals surface area contributed by atoms with Crippen molar-refractivity contribution >= 4 is 47.1 Å². The molecule has 2 rings (SSSR count). The number of aromatic carboxylic acids is 2. The first kappa shape index (κ1) is 14.8. The molecule has 0 amide bonds. The Balaban J connectivity index is 2.08. The molecule has 2 aromatic carbocycles. The van der Waals surface area contributed by atoms with Crippen molar-refractivity contribution in [1.82, 2.24) is 0 Å². The maximum absolute atomic E-state index is 10.9. The van der Waals surface area contributed by atoms with E-state index in [0.717, 1.165) is 8.92 Å². The molecule has 0 aliphatic carbocycles. The fourth-order valence-electron chi connectivity index (χ4n) is 1.46. The Morgan fingerprint density at radius 3 is 1.50 bits per heavy atom. The zero-order valence-corrected chi connectivity index (χ0v) is 13.6. The molecule has 0 atom stereocenters. The zero-order valence-electron chi connectivity index (χ0n) is 10.1. The van der Waals surface area contributed by atoms with Gasteiger partial charge in [0.05, 0.1) is 0 Å².